The summed E-state index contributed by atoms with van der Waals surface area (Å²) in [6.45, 7) is 16.4. The third kappa shape index (κ3) is 20.2. The maximum Gasteiger partial charge on any atom is 0.297 e. The molecule has 1 saturated heterocycles. The van der Waals surface area contributed by atoms with Crippen LogP contribution in [-0.4, -0.2) is 136 Å². The Labute approximate surface area is 437 Å². The van der Waals surface area contributed by atoms with Crippen LogP contribution in [0.5, 0.6) is 5.75 Å². The lowest BCUT2D eigenvalue weighted by Crippen LogP contribution is -2.60. The summed E-state index contributed by atoms with van der Waals surface area (Å²) in [7, 11) is -4.59. The van der Waals surface area contributed by atoms with Crippen molar-refractivity contribution in [2.24, 2.45) is 11.8 Å². The van der Waals surface area contributed by atoms with Crippen LogP contribution in [-0.2, 0) is 60.6 Å². The van der Waals surface area contributed by atoms with Gasteiger partial charge in [-0.1, -0.05) is 102 Å². The first kappa shape index (κ1) is 60.8. The predicted molar refractivity (Wildman–Crippen MR) is 281 cm³/mol. The minimum atomic E-state index is -4.59. The third-order valence-electron chi connectivity index (χ3n) is 12.5. The summed E-state index contributed by atoms with van der Waals surface area (Å²) in [6.07, 6.45) is 2.60. The lowest BCUT2D eigenvalue weighted by molar-refractivity contribution is -0.143. The Morgan fingerprint density at radius 3 is 1.81 bits per heavy atom. The van der Waals surface area contributed by atoms with Gasteiger partial charge in [0.1, 0.15) is 41.0 Å². The maximum atomic E-state index is 14.5. The Hall–Kier alpha value is -5.73. The number of hydrogen-bond acceptors (Lipinski definition) is 13. The zero-order valence-corrected chi connectivity index (χ0v) is 45.5. The molecular formula is C55H80N6O12S. The molecule has 4 rings (SSSR count). The fraction of sp³-hybridized carbons (Fsp3) is 0.564. The standard InChI is InChI=1S/C55H80N6O12S/c1-10-17-40(8)56-49(63)34-72-43-30-38(6)50(39(7)31-43)74(69,70)73-35-55(9,68)51(64)45(28-36(2)3)58-54(67)47(32-42-20-15-12-16-21-42)60-53(66)46(29-37(4)5)59-52(65)44(23-22-41-18-13-11-14-19-41)57-48(62)33-61-24-26-71-27-25-61/h11-16,18-21,30-31,36-37,40,44-47,68H,10,17,22-29,32-35H2,1-9H3,(H,56,63)(H,57,62)(H,58,67)(H,59,65)(H,60,66)/t40?,44-,45-,46-,47-,55?/m0/s1. The fourth-order valence-electron chi connectivity index (χ4n) is 8.77. The Morgan fingerprint density at radius 2 is 1.23 bits per heavy atom. The van der Waals surface area contributed by atoms with Gasteiger partial charge in [-0.25, -0.2) is 0 Å². The van der Waals surface area contributed by atoms with E-state index in [1.165, 1.54) is 26.0 Å². The van der Waals surface area contributed by atoms with Gasteiger partial charge in [0.2, 0.25) is 23.6 Å². The zero-order valence-electron chi connectivity index (χ0n) is 44.7. The number of Topliss-reactive ketones (excluding diaryl/α,β-unsaturated/α-hetero) is 1. The molecule has 0 bridgehead atoms. The lowest BCUT2D eigenvalue weighted by Gasteiger charge is -2.30. The molecule has 0 aromatic heterocycles. The van der Waals surface area contributed by atoms with Gasteiger partial charge in [-0.3, -0.25) is 37.9 Å². The van der Waals surface area contributed by atoms with E-state index in [1.54, 1.807) is 44.2 Å². The smallest absolute Gasteiger partial charge is 0.297 e. The third-order valence-corrected chi connectivity index (χ3v) is 14.1. The van der Waals surface area contributed by atoms with Crippen molar-refractivity contribution in [2.45, 2.75) is 148 Å². The Kier molecular flexibility index (Phi) is 24.2. The number of aliphatic hydroxyl groups is 1. The van der Waals surface area contributed by atoms with Crippen LogP contribution in [0.4, 0.5) is 0 Å². The van der Waals surface area contributed by atoms with Crippen molar-refractivity contribution in [3.63, 3.8) is 0 Å². The summed E-state index contributed by atoms with van der Waals surface area (Å²) >= 11 is 0. The number of ketones is 1. The fourth-order valence-corrected chi connectivity index (χ4v) is 10.2. The van der Waals surface area contributed by atoms with Gasteiger partial charge in [0, 0.05) is 25.6 Å². The zero-order chi connectivity index (χ0) is 54.6. The average molecular weight is 1050 g/mol. The highest BCUT2D eigenvalue weighted by atomic mass is 32.2. The normalized spacial score (nSPS) is 15.9. The molecule has 74 heavy (non-hydrogen) atoms. The molecule has 1 aliphatic heterocycles. The van der Waals surface area contributed by atoms with E-state index in [1.807, 2.05) is 62.9 Å². The van der Waals surface area contributed by atoms with Crippen molar-refractivity contribution >= 4 is 45.4 Å². The predicted octanol–water partition coefficient (Wildman–Crippen LogP) is 4.25. The van der Waals surface area contributed by atoms with Crippen molar-refractivity contribution < 1.29 is 55.9 Å². The molecule has 0 aliphatic carbocycles. The van der Waals surface area contributed by atoms with Gasteiger partial charge in [-0.15, -0.1) is 0 Å². The molecule has 2 unspecified atom stereocenters. The molecule has 3 aromatic carbocycles. The second kappa shape index (κ2) is 29.4. The number of amides is 5. The van der Waals surface area contributed by atoms with Gasteiger partial charge >= 0.3 is 0 Å². The summed E-state index contributed by atoms with van der Waals surface area (Å²) in [5.74, 6) is -3.65. The Morgan fingerprint density at radius 1 is 0.703 bits per heavy atom. The van der Waals surface area contributed by atoms with Crippen LogP contribution < -0.4 is 31.3 Å². The SMILES string of the molecule is CCCC(C)NC(=O)COc1cc(C)c(S(=O)(=O)OCC(C)(O)C(=O)[C@H](CC(C)C)NC(=O)[C@H](Cc2ccccc2)NC(=O)[C@H](CC(C)C)NC(=O)[C@H](CCc2ccccc2)NC(=O)CN2CCOCC2)c(C)c1. The largest absolute Gasteiger partial charge is 0.484 e. The number of carbonyl (C=O) groups excluding carboxylic acids is 6. The lowest BCUT2D eigenvalue weighted by atomic mass is 9.90. The molecule has 408 valence electrons. The first-order valence-corrected chi connectivity index (χ1v) is 27.2. The number of rotatable bonds is 30. The van der Waals surface area contributed by atoms with Gasteiger partial charge in [-0.05, 0) is 106 Å². The summed E-state index contributed by atoms with van der Waals surface area (Å²) in [5, 5.41) is 25.8. The van der Waals surface area contributed by atoms with Gasteiger partial charge in [0.15, 0.2) is 12.4 Å². The molecule has 1 heterocycles. The summed E-state index contributed by atoms with van der Waals surface area (Å²) in [5.41, 5.74) is -0.321. The molecule has 3 aromatic rings. The second-order valence-electron chi connectivity index (χ2n) is 20.5. The van der Waals surface area contributed by atoms with Gasteiger partial charge in [0.25, 0.3) is 16.0 Å². The Balaban J connectivity index is 1.52. The summed E-state index contributed by atoms with van der Waals surface area (Å²) < 4.78 is 43.9. The number of nitrogens with one attached hydrogen (secondary N) is 5. The van der Waals surface area contributed by atoms with Gasteiger partial charge in [0.05, 0.1) is 25.8 Å². The molecule has 0 spiro atoms. The molecule has 19 heteroatoms. The first-order valence-electron chi connectivity index (χ1n) is 25.8. The van der Waals surface area contributed by atoms with Crippen LogP contribution in [0, 0.1) is 25.7 Å². The summed E-state index contributed by atoms with van der Waals surface area (Å²) in [4.78, 5) is 84.9. The van der Waals surface area contributed by atoms with Crippen LogP contribution in [0.15, 0.2) is 77.7 Å². The van der Waals surface area contributed by atoms with Gasteiger partial charge in [-0.2, -0.15) is 8.42 Å². The van der Waals surface area contributed by atoms with Crippen LogP contribution in [0.1, 0.15) is 103 Å². The van der Waals surface area contributed by atoms with Crippen LogP contribution in [0.25, 0.3) is 0 Å². The minimum absolute atomic E-state index is 0.0215. The highest BCUT2D eigenvalue weighted by Crippen LogP contribution is 2.28. The number of nitrogens with zero attached hydrogens (tertiary/aromatic N) is 1. The molecular weight excluding hydrogens is 969 g/mol. The minimum Gasteiger partial charge on any atom is -0.484 e. The second-order valence-corrected chi connectivity index (χ2v) is 22.0. The number of aryl methyl sites for hydroxylation is 3. The molecule has 1 aliphatic rings. The molecule has 0 saturated carbocycles. The monoisotopic (exact) mass is 1050 g/mol. The number of hydrogen-bond donors (Lipinski definition) is 6. The number of ether oxygens (including phenoxy) is 2. The summed E-state index contributed by atoms with van der Waals surface area (Å²) in [6, 6.07) is 16.5. The highest BCUT2D eigenvalue weighted by molar-refractivity contribution is 7.86. The molecule has 5 amide bonds. The molecule has 18 nitrogen and oxygen atoms in total. The van der Waals surface area contributed by atoms with E-state index < -0.39 is 70.0 Å². The van der Waals surface area contributed by atoms with Crippen molar-refractivity contribution in [2.75, 3.05) is 46.1 Å². The van der Waals surface area contributed by atoms with E-state index >= 15 is 0 Å². The first-order chi connectivity index (χ1) is 35.0. The number of carbonyl (C=O) groups is 6. The molecule has 6 atom stereocenters. The molecule has 1 fully saturated rings. The van der Waals surface area contributed by atoms with E-state index in [4.69, 9.17) is 13.7 Å². The van der Waals surface area contributed by atoms with Crippen molar-refractivity contribution in [3.8, 4) is 5.75 Å². The number of benzene rings is 3. The van der Waals surface area contributed by atoms with E-state index in [2.05, 4.69) is 26.6 Å². The van der Waals surface area contributed by atoms with E-state index in [0.717, 1.165) is 25.3 Å². The molecule has 6 N–H and O–H groups in total. The average Bonchev–Trinajstić information content (AvgIpc) is 3.33. The van der Waals surface area contributed by atoms with Crippen molar-refractivity contribution in [3.05, 3.63) is 95.1 Å². The molecule has 0 radical (unpaired) electrons. The quantitative estimate of drug-likeness (QED) is 0.0512. The highest BCUT2D eigenvalue weighted by Gasteiger charge is 2.41. The van der Waals surface area contributed by atoms with Crippen LogP contribution in [0.3, 0.4) is 0 Å². The van der Waals surface area contributed by atoms with Gasteiger partial charge < -0.3 is 41.2 Å². The topological polar surface area (TPSA) is 248 Å². The van der Waals surface area contributed by atoms with E-state index in [0.29, 0.717) is 38.3 Å². The van der Waals surface area contributed by atoms with Crippen LogP contribution in [0.2, 0.25) is 0 Å². The van der Waals surface area contributed by atoms with Crippen molar-refractivity contribution in [1.29, 1.82) is 0 Å². The van der Waals surface area contributed by atoms with E-state index in [9.17, 15) is 42.3 Å². The van der Waals surface area contributed by atoms with Crippen LogP contribution >= 0.6 is 0 Å². The van der Waals surface area contributed by atoms with E-state index in [-0.39, 0.29) is 90.3 Å². The van der Waals surface area contributed by atoms with Crippen molar-refractivity contribution in [1.82, 2.24) is 31.5 Å². The Bertz CT molecular complexity index is 2410. The number of morpholine rings is 1. The maximum absolute atomic E-state index is 14.5.